The number of halogens is 1. The van der Waals surface area contributed by atoms with Gasteiger partial charge < -0.3 is 0 Å². The number of nitrogens with one attached hydrogen (secondary N) is 1. The quantitative estimate of drug-likeness (QED) is 0.808. The Morgan fingerprint density at radius 2 is 2.07 bits per heavy atom. The van der Waals surface area contributed by atoms with Gasteiger partial charge in [0.15, 0.2) is 0 Å². The van der Waals surface area contributed by atoms with E-state index in [2.05, 4.69) is 42.3 Å². The molecular weight excluding hydrogens is 323 g/mol. The van der Waals surface area contributed by atoms with E-state index in [0.717, 1.165) is 10.0 Å². The Balaban J connectivity index is 2.09. The van der Waals surface area contributed by atoms with Crippen LogP contribution >= 0.6 is 15.9 Å². The first-order valence-electron chi connectivity index (χ1n) is 4.45. The van der Waals surface area contributed by atoms with Crippen LogP contribution in [0.3, 0.4) is 0 Å². The predicted molar refractivity (Wildman–Crippen MR) is 63.0 cm³/mol. The van der Waals surface area contributed by atoms with E-state index in [1.807, 2.05) is 24.3 Å². The predicted octanol–water partition coefficient (Wildman–Crippen LogP) is 1.01. The van der Waals surface area contributed by atoms with Crippen LogP contribution in [0.15, 0.2) is 33.7 Å². The maximum absolute atomic E-state index is 11.4. The molecule has 1 amide bonds. The maximum atomic E-state index is 11.4. The molecule has 3 nitrogen and oxygen atoms in total. The summed E-state index contributed by atoms with van der Waals surface area (Å²) in [6.45, 7) is 0. The van der Waals surface area contributed by atoms with Gasteiger partial charge in [-0.1, -0.05) is 0 Å². The fourth-order valence-electron chi connectivity index (χ4n) is 1.40. The number of carbonyl (C=O) groups is 1. The van der Waals surface area contributed by atoms with Crippen LogP contribution in [0.1, 0.15) is 5.56 Å². The molecule has 1 aromatic rings. The summed E-state index contributed by atoms with van der Waals surface area (Å²) in [6, 6.07) is 7.62. The molecule has 0 bridgehead atoms. The molecule has 0 spiro atoms. The molecular formula is C10H8BrN2OSe. The summed E-state index contributed by atoms with van der Waals surface area (Å²) in [5, 5.41) is 2.64. The number of amidine groups is 1. The first kappa shape index (κ1) is 10.9. The number of rotatable bonds is 2. The van der Waals surface area contributed by atoms with Crippen LogP contribution < -0.4 is 5.32 Å². The molecule has 1 atom stereocenters. The monoisotopic (exact) mass is 331 g/mol. The molecule has 15 heavy (non-hydrogen) atoms. The van der Waals surface area contributed by atoms with Crippen molar-refractivity contribution in [2.75, 3.05) is 0 Å². The summed E-state index contributed by atoms with van der Waals surface area (Å²) in [5.41, 5.74) is 1.11. The number of amides is 1. The minimum absolute atomic E-state index is 0.0355. The van der Waals surface area contributed by atoms with E-state index in [0.29, 0.717) is 11.2 Å². The second-order valence-electron chi connectivity index (χ2n) is 3.27. The summed E-state index contributed by atoms with van der Waals surface area (Å²) < 4.78 is 1.62. The van der Waals surface area contributed by atoms with Crippen molar-refractivity contribution in [2.45, 2.75) is 12.5 Å². The van der Waals surface area contributed by atoms with Crippen LogP contribution in [-0.4, -0.2) is 32.7 Å². The van der Waals surface area contributed by atoms with Crippen LogP contribution in [0.2, 0.25) is 0 Å². The van der Waals surface area contributed by atoms with Crippen molar-refractivity contribution in [1.82, 2.24) is 5.32 Å². The van der Waals surface area contributed by atoms with Crippen molar-refractivity contribution in [1.29, 1.82) is 0 Å². The number of nitrogens with zero attached hydrogens (tertiary/aromatic N) is 1. The van der Waals surface area contributed by atoms with Crippen molar-refractivity contribution < 1.29 is 4.79 Å². The van der Waals surface area contributed by atoms with Gasteiger partial charge in [-0.25, -0.2) is 0 Å². The molecule has 0 saturated heterocycles. The SMILES string of the molecule is O=C1NC([Se])=NC1Cc1ccc(Br)cc1. The molecule has 5 heteroatoms. The number of benzene rings is 1. The van der Waals surface area contributed by atoms with Gasteiger partial charge in [0.1, 0.15) is 0 Å². The number of carbonyl (C=O) groups excluding carboxylic acids is 1. The van der Waals surface area contributed by atoms with Gasteiger partial charge in [0.2, 0.25) is 0 Å². The zero-order chi connectivity index (χ0) is 10.8. The molecule has 0 aliphatic carbocycles. The van der Waals surface area contributed by atoms with Crippen molar-refractivity contribution in [2.24, 2.45) is 4.99 Å². The summed E-state index contributed by atoms with van der Waals surface area (Å²) >= 11 is 6.07. The van der Waals surface area contributed by atoms with Gasteiger partial charge in [-0.2, -0.15) is 0 Å². The normalized spacial score (nSPS) is 19.9. The van der Waals surface area contributed by atoms with Gasteiger partial charge in [-0.15, -0.1) is 0 Å². The zero-order valence-corrected chi connectivity index (χ0v) is 11.0. The van der Waals surface area contributed by atoms with Crippen LogP contribution in [0.25, 0.3) is 0 Å². The van der Waals surface area contributed by atoms with E-state index >= 15 is 0 Å². The Morgan fingerprint density at radius 1 is 1.40 bits per heavy atom. The van der Waals surface area contributed by atoms with Crippen molar-refractivity contribution >= 4 is 42.6 Å². The third-order valence-corrected chi connectivity index (χ3v) is 3.11. The molecule has 1 N–H and O–H groups in total. The third kappa shape index (κ3) is 2.68. The number of hydrogen-bond acceptors (Lipinski definition) is 2. The molecule has 0 fully saturated rings. The van der Waals surface area contributed by atoms with Gasteiger partial charge in [0.05, 0.1) is 0 Å². The molecule has 1 unspecified atom stereocenters. The molecule has 1 heterocycles. The van der Waals surface area contributed by atoms with Gasteiger partial charge in [-0.05, 0) is 0 Å². The van der Waals surface area contributed by atoms with Gasteiger partial charge in [0.25, 0.3) is 0 Å². The molecule has 1 aliphatic heterocycles. The van der Waals surface area contributed by atoms with Crippen LogP contribution in [0.4, 0.5) is 0 Å². The average Bonchev–Trinajstić information content (AvgIpc) is 2.49. The van der Waals surface area contributed by atoms with Gasteiger partial charge in [-0.3, -0.25) is 0 Å². The first-order valence-corrected chi connectivity index (χ1v) is 6.10. The van der Waals surface area contributed by atoms with Gasteiger partial charge in [0, 0.05) is 0 Å². The molecule has 2 rings (SSSR count). The van der Waals surface area contributed by atoms with E-state index in [9.17, 15) is 4.79 Å². The standard InChI is InChI=1S/C10H8BrN2OSe/c11-7-3-1-6(2-4-7)5-8-9(14)13-10(15)12-8/h1-4,8H,5H2,(H,12,13,14). The summed E-state index contributed by atoms with van der Waals surface area (Å²) in [5.74, 6) is -0.0355. The second-order valence-corrected chi connectivity index (χ2v) is 5.00. The van der Waals surface area contributed by atoms with Crippen molar-refractivity contribution in [3.63, 3.8) is 0 Å². The second kappa shape index (κ2) is 4.47. The van der Waals surface area contributed by atoms with Crippen LogP contribution in [-0.2, 0) is 11.2 Å². The molecule has 1 aliphatic rings. The van der Waals surface area contributed by atoms with E-state index in [-0.39, 0.29) is 11.9 Å². The Morgan fingerprint density at radius 3 is 2.60 bits per heavy atom. The minimum atomic E-state index is -0.289. The Labute approximate surface area is 104 Å². The van der Waals surface area contributed by atoms with Crippen LogP contribution in [0.5, 0.6) is 0 Å². The molecule has 0 aromatic heterocycles. The van der Waals surface area contributed by atoms with Crippen molar-refractivity contribution in [3.8, 4) is 0 Å². The molecule has 77 valence electrons. The fourth-order valence-corrected chi connectivity index (χ4v) is 2.15. The average molecular weight is 331 g/mol. The molecule has 1 radical (unpaired) electrons. The fraction of sp³-hybridized carbons (Fsp3) is 0.200. The van der Waals surface area contributed by atoms with E-state index < -0.39 is 0 Å². The zero-order valence-electron chi connectivity index (χ0n) is 7.74. The number of hydrogen-bond donors (Lipinski definition) is 1. The first-order chi connectivity index (χ1) is 7.15. The summed E-state index contributed by atoms with van der Waals surface area (Å²) in [4.78, 5) is 15.6. The molecule has 1 aromatic carbocycles. The Kier molecular flexibility index (Phi) is 3.24. The number of aliphatic imine (C=N–C) groups is 1. The van der Waals surface area contributed by atoms with E-state index in [4.69, 9.17) is 0 Å². The topological polar surface area (TPSA) is 41.5 Å². The molecule has 0 saturated carbocycles. The summed E-state index contributed by atoms with van der Waals surface area (Å²) in [6.07, 6.45) is 0.643. The Bertz CT molecular complexity index is 416. The van der Waals surface area contributed by atoms with Crippen molar-refractivity contribution in [3.05, 3.63) is 34.3 Å². The Hall–Kier alpha value is -0.641. The van der Waals surface area contributed by atoms with E-state index in [1.165, 1.54) is 0 Å². The van der Waals surface area contributed by atoms with E-state index in [1.54, 1.807) is 0 Å². The summed E-state index contributed by atoms with van der Waals surface area (Å²) in [7, 11) is 0. The van der Waals surface area contributed by atoms with Crippen LogP contribution in [0, 0.1) is 0 Å². The third-order valence-electron chi connectivity index (χ3n) is 2.15. The van der Waals surface area contributed by atoms with Gasteiger partial charge >= 0.3 is 104 Å².